The number of halogens is 6. The lowest BCUT2D eigenvalue weighted by atomic mass is 9.83. The topological polar surface area (TPSA) is 73.0 Å². The minimum atomic E-state index is -4.53. The molecule has 37 heavy (non-hydrogen) atoms. The van der Waals surface area contributed by atoms with Gasteiger partial charge in [-0.25, -0.2) is 4.79 Å². The number of urea groups is 1. The molecule has 0 radical (unpaired) electrons. The summed E-state index contributed by atoms with van der Waals surface area (Å²) in [5.74, 6) is -0.998. The van der Waals surface area contributed by atoms with E-state index in [4.69, 9.17) is 0 Å². The van der Waals surface area contributed by atoms with Crippen LogP contribution in [-0.2, 0) is 35.0 Å². The largest absolute Gasteiger partial charge is 0.416 e. The molecule has 0 aromatic heterocycles. The quantitative estimate of drug-likeness (QED) is 0.618. The van der Waals surface area contributed by atoms with Crippen LogP contribution < -0.4 is 5.32 Å². The van der Waals surface area contributed by atoms with Gasteiger partial charge in [0.2, 0.25) is 5.91 Å². The molecule has 198 valence electrons. The van der Waals surface area contributed by atoms with E-state index in [0.29, 0.717) is 11.1 Å². The number of carbonyl (C=O) groups is 3. The van der Waals surface area contributed by atoms with Crippen molar-refractivity contribution in [1.82, 2.24) is 20.0 Å². The minimum absolute atomic E-state index is 0.126. The predicted molar refractivity (Wildman–Crippen MR) is 118 cm³/mol. The number of nitrogens with zero attached hydrogens (tertiary/aromatic N) is 3. The van der Waals surface area contributed by atoms with E-state index in [0.717, 1.165) is 24.3 Å². The predicted octanol–water partition coefficient (Wildman–Crippen LogP) is 3.49. The van der Waals surface area contributed by atoms with Gasteiger partial charge in [-0.2, -0.15) is 26.3 Å². The highest BCUT2D eigenvalue weighted by Crippen LogP contribution is 2.36. The summed E-state index contributed by atoms with van der Waals surface area (Å²) in [6.07, 6.45) is -9.05. The van der Waals surface area contributed by atoms with Gasteiger partial charge in [0.15, 0.2) is 5.54 Å². The molecule has 2 heterocycles. The SMILES string of the molecule is CNC(=O)N1CC2(C1)C(=O)N(Cc1ccc(C(F)(F)F)cc1)CC(=O)N2Cc1ccc(C(F)(F)F)cc1. The van der Waals surface area contributed by atoms with Crippen LogP contribution in [0.4, 0.5) is 31.1 Å². The van der Waals surface area contributed by atoms with Gasteiger partial charge in [0.05, 0.1) is 24.2 Å². The van der Waals surface area contributed by atoms with Gasteiger partial charge in [-0.15, -0.1) is 0 Å². The second kappa shape index (κ2) is 9.27. The number of amides is 4. The van der Waals surface area contributed by atoms with E-state index in [-0.39, 0.29) is 32.7 Å². The molecule has 2 aliphatic rings. The molecule has 4 amide bonds. The van der Waals surface area contributed by atoms with Gasteiger partial charge in [-0.1, -0.05) is 24.3 Å². The summed E-state index contributed by atoms with van der Waals surface area (Å²) in [6, 6.07) is 7.94. The fourth-order valence-corrected chi connectivity index (χ4v) is 4.53. The van der Waals surface area contributed by atoms with E-state index in [2.05, 4.69) is 5.32 Å². The summed E-state index contributed by atoms with van der Waals surface area (Å²) >= 11 is 0. The molecule has 7 nitrogen and oxygen atoms in total. The van der Waals surface area contributed by atoms with Gasteiger partial charge in [-0.05, 0) is 35.4 Å². The van der Waals surface area contributed by atoms with Gasteiger partial charge in [0.25, 0.3) is 5.91 Å². The Kier molecular flexibility index (Phi) is 6.59. The molecule has 1 N–H and O–H groups in total. The van der Waals surface area contributed by atoms with E-state index >= 15 is 0 Å². The van der Waals surface area contributed by atoms with Crippen molar-refractivity contribution in [1.29, 1.82) is 0 Å². The van der Waals surface area contributed by atoms with Crippen LogP contribution in [0, 0.1) is 0 Å². The number of alkyl halides is 6. The van der Waals surface area contributed by atoms with Crippen LogP contribution in [0.2, 0.25) is 0 Å². The molecule has 2 aliphatic heterocycles. The number of carbonyl (C=O) groups excluding carboxylic acids is 3. The fraction of sp³-hybridized carbons (Fsp3) is 0.375. The summed E-state index contributed by atoms with van der Waals surface area (Å²) < 4.78 is 77.4. The second-order valence-electron chi connectivity index (χ2n) is 8.97. The molecule has 4 rings (SSSR count). The van der Waals surface area contributed by atoms with E-state index in [1.54, 1.807) is 0 Å². The summed E-state index contributed by atoms with van der Waals surface area (Å²) in [7, 11) is 1.40. The number of piperazine rings is 1. The number of rotatable bonds is 4. The first kappa shape index (κ1) is 26.3. The Morgan fingerprint density at radius 2 is 1.30 bits per heavy atom. The Hall–Kier alpha value is -3.77. The van der Waals surface area contributed by atoms with Crippen LogP contribution in [0.5, 0.6) is 0 Å². The van der Waals surface area contributed by atoms with Gasteiger partial charge < -0.3 is 20.0 Å². The van der Waals surface area contributed by atoms with Crippen molar-refractivity contribution in [3.05, 3.63) is 70.8 Å². The Balaban J connectivity index is 1.58. The third-order valence-corrected chi connectivity index (χ3v) is 6.51. The zero-order valence-electron chi connectivity index (χ0n) is 19.5. The van der Waals surface area contributed by atoms with Crippen LogP contribution in [-0.4, -0.2) is 64.8 Å². The van der Waals surface area contributed by atoms with Crippen molar-refractivity contribution in [2.24, 2.45) is 0 Å². The fourth-order valence-electron chi connectivity index (χ4n) is 4.53. The molecule has 13 heteroatoms. The van der Waals surface area contributed by atoms with E-state index in [9.17, 15) is 40.7 Å². The Bertz CT molecular complexity index is 1190. The minimum Gasteiger partial charge on any atom is -0.341 e. The highest BCUT2D eigenvalue weighted by molar-refractivity contribution is 6.00. The van der Waals surface area contributed by atoms with E-state index in [1.807, 2.05) is 0 Å². The molecule has 0 unspecified atom stereocenters. The molecule has 0 bridgehead atoms. The van der Waals surface area contributed by atoms with Crippen LogP contribution in [0.3, 0.4) is 0 Å². The number of nitrogens with one attached hydrogen (secondary N) is 1. The van der Waals surface area contributed by atoms with Crippen LogP contribution in [0.15, 0.2) is 48.5 Å². The normalized spacial score (nSPS) is 17.8. The molecule has 0 aliphatic carbocycles. The summed E-state index contributed by atoms with van der Waals surface area (Å²) in [4.78, 5) is 42.7. The van der Waals surface area contributed by atoms with Gasteiger partial charge in [0, 0.05) is 20.1 Å². The lowest BCUT2D eigenvalue weighted by molar-refractivity contribution is -0.177. The number of likely N-dealkylation sites (tertiary alicyclic amines) is 1. The van der Waals surface area contributed by atoms with Gasteiger partial charge >= 0.3 is 18.4 Å². The van der Waals surface area contributed by atoms with Crippen molar-refractivity contribution in [3.8, 4) is 0 Å². The van der Waals surface area contributed by atoms with Crippen molar-refractivity contribution in [2.75, 3.05) is 26.7 Å². The number of benzene rings is 2. The molecule has 2 aromatic carbocycles. The first-order valence-corrected chi connectivity index (χ1v) is 11.1. The molecule has 2 fully saturated rings. The number of hydrogen-bond acceptors (Lipinski definition) is 3. The average Bonchev–Trinajstić information content (AvgIpc) is 2.80. The van der Waals surface area contributed by atoms with Crippen LogP contribution >= 0.6 is 0 Å². The van der Waals surface area contributed by atoms with Gasteiger partial charge in [0.1, 0.15) is 6.54 Å². The molecular weight excluding hydrogens is 506 g/mol. The lowest BCUT2D eigenvalue weighted by Gasteiger charge is -2.57. The molecule has 2 aromatic rings. The van der Waals surface area contributed by atoms with Crippen molar-refractivity contribution in [3.63, 3.8) is 0 Å². The third-order valence-electron chi connectivity index (χ3n) is 6.51. The maximum Gasteiger partial charge on any atom is 0.416 e. The van der Waals surface area contributed by atoms with Crippen LogP contribution in [0.1, 0.15) is 22.3 Å². The van der Waals surface area contributed by atoms with Crippen molar-refractivity contribution in [2.45, 2.75) is 31.0 Å². The summed E-state index contributed by atoms with van der Waals surface area (Å²) in [5.41, 5.74) is -2.41. The first-order valence-electron chi connectivity index (χ1n) is 11.1. The average molecular weight is 528 g/mol. The molecule has 0 atom stereocenters. The first-order chi connectivity index (χ1) is 17.2. The Morgan fingerprint density at radius 1 is 0.838 bits per heavy atom. The standard InChI is InChI=1S/C24H22F6N4O3/c1-31-21(37)33-13-22(14-33)20(36)32(10-15-2-6-17(7-3-15)23(25,26)27)12-19(35)34(22)11-16-4-8-18(9-5-16)24(28,29)30/h2-9H,10-14H2,1H3,(H,31,37). The third kappa shape index (κ3) is 5.07. The Morgan fingerprint density at radius 3 is 1.73 bits per heavy atom. The highest BCUT2D eigenvalue weighted by atomic mass is 19.4. The van der Waals surface area contributed by atoms with E-state index in [1.165, 1.54) is 46.0 Å². The lowest BCUT2D eigenvalue weighted by Crippen LogP contribution is -2.81. The summed E-state index contributed by atoms with van der Waals surface area (Å²) in [5, 5.41) is 2.43. The second-order valence-corrected chi connectivity index (χ2v) is 8.97. The molecule has 0 saturated carbocycles. The van der Waals surface area contributed by atoms with Crippen LogP contribution in [0.25, 0.3) is 0 Å². The molecule has 1 spiro atoms. The maximum atomic E-state index is 13.6. The summed E-state index contributed by atoms with van der Waals surface area (Å²) in [6.45, 7) is -0.929. The highest BCUT2D eigenvalue weighted by Gasteiger charge is 2.60. The maximum absolute atomic E-state index is 13.6. The Labute approximate surface area is 207 Å². The van der Waals surface area contributed by atoms with E-state index < -0.39 is 46.9 Å². The zero-order valence-corrected chi connectivity index (χ0v) is 19.5. The van der Waals surface area contributed by atoms with Gasteiger partial charge in [-0.3, -0.25) is 9.59 Å². The van der Waals surface area contributed by atoms with Crippen molar-refractivity contribution >= 4 is 17.8 Å². The number of hydrogen-bond donors (Lipinski definition) is 1. The monoisotopic (exact) mass is 528 g/mol. The molecular formula is C24H22F6N4O3. The smallest absolute Gasteiger partial charge is 0.341 e. The molecule has 2 saturated heterocycles. The zero-order chi connectivity index (χ0) is 27.2. The van der Waals surface area contributed by atoms with Crippen molar-refractivity contribution < 1.29 is 40.7 Å².